The lowest BCUT2D eigenvalue weighted by molar-refractivity contribution is 0.300. The monoisotopic (exact) mass is 255 g/mol. The van der Waals surface area contributed by atoms with Gasteiger partial charge in [0.1, 0.15) is 0 Å². The molecule has 0 saturated heterocycles. The third-order valence-corrected chi connectivity index (χ3v) is 3.98. The molecule has 3 rings (SSSR count). The van der Waals surface area contributed by atoms with Crippen LogP contribution in [0.3, 0.4) is 0 Å². The van der Waals surface area contributed by atoms with Gasteiger partial charge in [0.05, 0.1) is 18.3 Å². The first-order valence-corrected chi connectivity index (χ1v) is 7.11. The summed E-state index contributed by atoms with van der Waals surface area (Å²) in [5.74, 6) is 0. The van der Waals surface area contributed by atoms with Gasteiger partial charge in [0.25, 0.3) is 0 Å². The van der Waals surface area contributed by atoms with E-state index in [9.17, 15) is 0 Å². The Balaban J connectivity index is 1.98. The first-order chi connectivity index (χ1) is 9.29. The predicted molar refractivity (Wildman–Crippen MR) is 77.2 cm³/mol. The van der Waals surface area contributed by atoms with Gasteiger partial charge in [-0.05, 0) is 43.0 Å². The van der Waals surface area contributed by atoms with Crippen LogP contribution in [0.5, 0.6) is 0 Å². The Labute approximate surface area is 114 Å². The lowest BCUT2D eigenvalue weighted by Gasteiger charge is -2.34. The van der Waals surface area contributed by atoms with E-state index in [0.717, 1.165) is 19.4 Å². The molecule has 2 atom stereocenters. The largest absolute Gasteiger partial charge is 0.308 e. The van der Waals surface area contributed by atoms with E-state index in [4.69, 9.17) is 0 Å². The molecule has 0 radical (unpaired) electrons. The summed E-state index contributed by atoms with van der Waals surface area (Å²) >= 11 is 0. The zero-order valence-corrected chi connectivity index (χ0v) is 11.6. The van der Waals surface area contributed by atoms with Gasteiger partial charge in [-0.15, -0.1) is 0 Å². The van der Waals surface area contributed by atoms with Crippen molar-refractivity contribution in [3.8, 4) is 0 Å². The van der Waals surface area contributed by atoms with Gasteiger partial charge in [0.15, 0.2) is 0 Å². The van der Waals surface area contributed by atoms with Crippen molar-refractivity contribution < 1.29 is 0 Å². The lowest BCUT2D eigenvalue weighted by atomic mass is 9.84. The number of fused-ring (bicyclic) bond motifs is 1. The molecule has 0 amide bonds. The van der Waals surface area contributed by atoms with E-state index in [0.29, 0.717) is 12.1 Å². The molecule has 2 aromatic rings. The molecule has 100 valence electrons. The molecular formula is C16H21N3. The Morgan fingerprint density at radius 1 is 1.37 bits per heavy atom. The van der Waals surface area contributed by atoms with Crippen molar-refractivity contribution in [2.45, 2.75) is 38.8 Å². The Morgan fingerprint density at radius 2 is 2.21 bits per heavy atom. The van der Waals surface area contributed by atoms with Crippen molar-refractivity contribution in [1.29, 1.82) is 0 Å². The second-order valence-electron chi connectivity index (χ2n) is 5.34. The number of nitrogens with zero attached hydrogens (tertiary/aromatic N) is 2. The molecule has 1 aliphatic carbocycles. The van der Waals surface area contributed by atoms with Gasteiger partial charge in [-0.3, -0.25) is 4.68 Å². The predicted octanol–water partition coefficient (Wildman–Crippen LogP) is 3.03. The molecule has 0 spiro atoms. The van der Waals surface area contributed by atoms with Crippen LogP contribution in [0.25, 0.3) is 0 Å². The third kappa shape index (κ3) is 2.30. The second-order valence-corrected chi connectivity index (χ2v) is 5.34. The van der Waals surface area contributed by atoms with E-state index in [1.165, 1.54) is 16.7 Å². The van der Waals surface area contributed by atoms with Crippen LogP contribution in [0.4, 0.5) is 0 Å². The van der Waals surface area contributed by atoms with E-state index >= 15 is 0 Å². The van der Waals surface area contributed by atoms with Gasteiger partial charge in [-0.2, -0.15) is 5.10 Å². The topological polar surface area (TPSA) is 29.9 Å². The minimum Gasteiger partial charge on any atom is -0.308 e. The maximum atomic E-state index is 4.52. The van der Waals surface area contributed by atoms with Crippen LogP contribution in [0.2, 0.25) is 0 Å². The highest BCUT2D eigenvalue weighted by Gasteiger charge is 2.30. The first kappa shape index (κ1) is 12.4. The minimum atomic E-state index is 0.370. The van der Waals surface area contributed by atoms with Crippen LogP contribution in [-0.2, 0) is 6.42 Å². The Bertz CT molecular complexity index is 559. The lowest BCUT2D eigenvalue weighted by Crippen LogP contribution is -2.34. The molecule has 1 N–H and O–H groups in total. The number of aromatic nitrogens is 2. The minimum absolute atomic E-state index is 0.370. The zero-order chi connectivity index (χ0) is 13.2. The normalized spacial score (nSPS) is 22.2. The fourth-order valence-corrected chi connectivity index (χ4v) is 3.11. The summed E-state index contributed by atoms with van der Waals surface area (Å²) in [4.78, 5) is 0. The van der Waals surface area contributed by atoms with E-state index in [2.05, 4.69) is 59.4 Å². The van der Waals surface area contributed by atoms with Crippen molar-refractivity contribution in [2.75, 3.05) is 6.54 Å². The second kappa shape index (κ2) is 5.17. The highest BCUT2D eigenvalue weighted by Crippen LogP contribution is 2.37. The molecule has 3 nitrogen and oxygen atoms in total. The molecule has 2 unspecified atom stereocenters. The maximum Gasteiger partial charge on any atom is 0.0717 e. The van der Waals surface area contributed by atoms with Crippen molar-refractivity contribution in [3.63, 3.8) is 0 Å². The number of likely N-dealkylation sites (N-methyl/N-ethyl adjacent to an activating group) is 1. The SMILES string of the molecule is CCNC1c2ccccc2CCC1n1cc(C)cn1. The summed E-state index contributed by atoms with van der Waals surface area (Å²) in [7, 11) is 0. The van der Waals surface area contributed by atoms with Crippen LogP contribution < -0.4 is 5.32 Å². The summed E-state index contributed by atoms with van der Waals surface area (Å²) in [5.41, 5.74) is 4.15. The fraction of sp³-hybridized carbons (Fsp3) is 0.438. The average molecular weight is 255 g/mol. The Morgan fingerprint density at radius 3 is 2.95 bits per heavy atom. The molecule has 19 heavy (non-hydrogen) atoms. The molecule has 0 fully saturated rings. The molecule has 1 heterocycles. The van der Waals surface area contributed by atoms with Gasteiger partial charge in [0.2, 0.25) is 0 Å². The van der Waals surface area contributed by atoms with Gasteiger partial charge in [-0.25, -0.2) is 0 Å². The first-order valence-electron chi connectivity index (χ1n) is 7.11. The van der Waals surface area contributed by atoms with E-state index in [-0.39, 0.29) is 0 Å². The van der Waals surface area contributed by atoms with Crippen LogP contribution in [0.1, 0.15) is 42.1 Å². The van der Waals surface area contributed by atoms with Crippen molar-refractivity contribution in [3.05, 3.63) is 53.3 Å². The van der Waals surface area contributed by atoms with Gasteiger partial charge < -0.3 is 5.32 Å². The van der Waals surface area contributed by atoms with Gasteiger partial charge in [-0.1, -0.05) is 31.2 Å². The van der Waals surface area contributed by atoms with Crippen LogP contribution in [0, 0.1) is 6.92 Å². The summed E-state index contributed by atoms with van der Waals surface area (Å²) in [6, 6.07) is 9.58. The third-order valence-electron chi connectivity index (χ3n) is 3.98. The fourth-order valence-electron chi connectivity index (χ4n) is 3.11. The highest BCUT2D eigenvalue weighted by molar-refractivity contribution is 5.33. The maximum absolute atomic E-state index is 4.52. The average Bonchev–Trinajstić information content (AvgIpc) is 2.86. The van der Waals surface area contributed by atoms with Crippen molar-refractivity contribution in [1.82, 2.24) is 15.1 Å². The number of nitrogens with one attached hydrogen (secondary N) is 1. The van der Waals surface area contributed by atoms with Crippen molar-refractivity contribution in [2.24, 2.45) is 0 Å². The molecule has 3 heteroatoms. The van der Waals surface area contributed by atoms with Crippen LogP contribution >= 0.6 is 0 Å². The quantitative estimate of drug-likeness (QED) is 0.913. The Hall–Kier alpha value is -1.61. The summed E-state index contributed by atoms with van der Waals surface area (Å²) in [5, 5.41) is 8.16. The number of benzene rings is 1. The summed E-state index contributed by atoms with van der Waals surface area (Å²) in [6.45, 7) is 5.25. The van der Waals surface area contributed by atoms with E-state index in [1.807, 2.05) is 6.20 Å². The number of aryl methyl sites for hydroxylation is 2. The number of rotatable bonds is 3. The molecule has 1 aliphatic rings. The molecule has 1 aromatic heterocycles. The van der Waals surface area contributed by atoms with E-state index < -0.39 is 0 Å². The molecular weight excluding hydrogens is 234 g/mol. The van der Waals surface area contributed by atoms with Gasteiger partial charge in [0, 0.05) is 6.20 Å². The highest BCUT2D eigenvalue weighted by atomic mass is 15.3. The van der Waals surface area contributed by atoms with E-state index in [1.54, 1.807) is 0 Å². The summed E-state index contributed by atoms with van der Waals surface area (Å²) in [6.07, 6.45) is 6.39. The van der Waals surface area contributed by atoms with Crippen LogP contribution in [-0.4, -0.2) is 16.3 Å². The molecule has 0 bridgehead atoms. The smallest absolute Gasteiger partial charge is 0.0717 e. The zero-order valence-electron chi connectivity index (χ0n) is 11.6. The molecule has 0 saturated carbocycles. The van der Waals surface area contributed by atoms with Crippen molar-refractivity contribution >= 4 is 0 Å². The number of hydrogen-bond donors (Lipinski definition) is 1. The molecule has 0 aliphatic heterocycles. The number of hydrogen-bond acceptors (Lipinski definition) is 2. The molecule has 1 aromatic carbocycles. The van der Waals surface area contributed by atoms with Gasteiger partial charge >= 0.3 is 0 Å². The Kier molecular flexibility index (Phi) is 3.38. The standard InChI is InChI=1S/C16H21N3/c1-3-17-16-14-7-5-4-6-13(14)8-9-15(16)19-11-12(2)10-18-19/h4-7,10-11,15-17H,3,8-9H2,1-2H3. The summed E-state index contributed by atoms with van der Waals surface area (Å²) < 4.78 is 2.14. The van der Waals surface area contributed by atoms with Crippen LogP contribution in [0.15, 0.2) is 36.7 Å².